The molecule has 23 heavy (non-hydrogen) atoms. The fourth-order valence-electron chi connectivity index (χ4n) is 2.22. The second kappa shape index (κ2) is 9.87. The van der Waals surface area contributed by atoms with Crippen LogP contribution in [0.4, 0.5) is 0 Å². The van der Waals surface area contributed by atoms with E-state index in [-0.39, 0.29) is 30.0 Å². The molecule has 126 valence electrons. The standard InChI is InChI=1S/C17H24N4S.HI/c1-5-18-17(19-11-16-13(3)20-14(4)22-16)21-12(2)15-9-7-6-8-10-15;/h6-10,12H,5,11H2,1-4H3,(H2,18,19,21);1H. The van der Waals surface area contributed by atoms with E-state index in [4.69, 9.17) is 0 Å². The Morgan fingerprint density at radius 3 is 2.52 bits per heavy atom. The van der Waals surface area contributed by atoms with Crippen molar-refractivity contribution in [2.45, 2.75) is 40.3 Å². The van der Waals surface area contributed by atoms with Gasteiger partial charge in [-0.15, -0.1) is 35.3 Å². The first-order valence-electron chi connectivity index (χ1n) is 7.62. The van der Waals surface area contributed by atoms with Crippen molar-refractivity contribution in [3.8, 4) is 0 Å². The molecule has 6 heteroatoms. The van der Waals surface area contributed by atoms with Gasteiger partial charge in [0.1, 0.15) is 0 Å². The second-order valence-corrected chi connectivity index (χ2v) is 6.50. The first kappa shape index (κ1) is 19.9. The Morgan fingerprint density at radius 1 is 1.26 bits per heavy atom. The lowest BCUT2D eigenvalue weighted by molar-refractivity contribution is 0.686. The first-order chi connectivity index (χ1) is 10.6. The Morgan fingerprint density at radius 2 is 1.96 bits per heavy atom. The van der Waals surface area contributed by atoms with Crippen LogP contribution in [0.2, 0.25) is 0 Å². The van der Waals surface area contributed by atoms with Gasteiger partial charge in [-0.3, -0.25) is 0 Å². The smallest absolute Gasteiger partial charge is 0.192 e. The van der Waals surface area contributed by atoms with Crippen LogP contribution < -0.4 is 10.6 Å². The Labute approximate surface area is 159 Å². The molecule has 0 aliphatic carbocycles. The van der Waals surface area contributed by atoms with Crippen LogP contribution >= 0.6 is 35.3 Å². The molecule has 4 nitrogen and oxygen atoms in total. The monoisotopic (exact) mass is 444 g/mol. The van der Waals surface area contributed by atoms with Gasteiger partial charge in [0.25, 0.3) is 0 Å². The zero-order chi connectivity index (χ0) is 15.9. The van der Waals surface area contributed by atoms with Crippen molar-refractivity contribution in [2.24, 2.45) is 4.99 Å². The number of aromatic nitrogens is 1. The van der Waals surface area contributed by atoms with Gasteiger partial charge in [0.15, 0.2) is 5.96 Å². The Bertz CT molecular complexity index is 625. The van der Waals surface area contributed by atoms with Crippen molar-refractivity contribution in [1.82, 2.24) is 15.6 Å². The van der Waals surface area contributed by atoms with Gasteiger partial charge in [-0.05, 0) is 33.3 Å². The summed E-state index contributed by atoms with van der Waals surface area (Å²) in [4.78, 5) is 10.4. The molecular formula is C17H25IN4S. The maximum Gasteiger partial charge on any atom is 0.192 e. The highest BCUT2D eigenvalue weighted by atomic mass is 127. The molecule has 0 saturated carbocycles. The molecule has 0 bridgehead atoms. The van der Waals surface area contributed by atoms with Crippen molar-refractivity contribution in [2.75, 3.05) is 6.54 Å². The van der Waals surface area contributed by atoms with E-state index < -0.39 is 0 Å². The predicted molar refractivity (Wildman–Crippen MR) is 110 cm³/mol. The summed E-state index contributed by atoms with van der Waals surface area (Å²) in [5, 5.41) is 7.85. The van der Waals surface area contributed by atoms with Crippen molar-refractivity contribution in [1.29, 1.82) is 0 Å². The molecule has 1 atom stereocenters. The van der Waals surface area contributed by atoms with Gasteiger partial charge in [-0.1, -0.05) is 30.3 Å². The quantitative estimate of drug-likeness (QED) is 0.413. The molecule has 1 aromatic heterocycles. The van der Waals surface area contributed by atoms with Gasteiger partial charge in [0.2, 0.25) is 0 Å². The molecule has 2 N–H and O–H groups in total. The summed E-state index contributed by atoms with van der Waals surface area (Å²) < 4.78 is 0. The summed E-state index contributed by atoms with van der Waals surface area (Å²) in [6.07, 6.45) is 0. The average molecular weight is 444 g/mol. The van der Waals surface area contributed by atoms with Crippen LogP contribution in [-0.2, 0) is 6.54 Å². The number of guanidine groups is 1. The maximum atomic E-state index is 4.69. The number of rotatable bonds is 5. The lowest BCUT2D eigenvalue weighted by Gasteiger charge is -2.18. The number of nitrogens with zero attached hydrogens (tertiary/aromatic N) is 2. The molecule has 0 fully saturated rings. The van der Waals surface area contributed by atoms with E-state index in [0.29, 0.717) is 6.54 Å². The maximum absolute atomic E-state index is 4.69. The summed E-state index contributed by atoms with van der Waals surface area (Å²) in [5.41, 5.74) is 2.33. The minimum atomic E-state index is 0. The van der Waals surface area contributed by atoms with Crippen molar-refractivity contribution < 1.29 is 0 Å². The van der Waals surface area contributed by atoms with E-state index in [9.17, 15) is 0 Å². The SMILES string of the molecule is CCNC(=NCc1sc(C)nc1C)NC(C)c1ccccc1.I. The molecule has 0 spiro atoms. The molecule has 0 saturated heterocycles. The number of hydrogen-bond donors (Lipinski definition) is 2. The van der Waals surface area contributed by atoms with Crippen molar-refractivity contribution >= 4 is 41.3 Å². The van der Waals surface area contributed by atoms with Gasteiger partial charge in [-0.25, -0.2) is 9.98 Å². The van der Waals surface area contributed by atoms with E-state index in [1.807, 2.05) is 19.9 Å². The molecule has 0 amide bonds. The van der Waals surface area contributed by atoms with Crippen molar-refractivity contribution in [3.63, 3.8) is 0 Å². The number of nitrogens with one attached hydrogen (secondary N) is 2. The van der Waals surface area contributed by atoms with E-state index in [0.717, 1.165) is 23.2 Å². The summed E-state index contributed by atoms with van der Waals surface area (Å²) in [6.45, 7) is 9.80. The molecule has 0 aliphatic rings. The third-order valence-corrected chi connectivity index (χ3v) is 4.44. The first-order valence-corrected chi connectivity index (χ1v) is 8.44. The normalized spacial score (nSPS) is 12.4. The third kappa shape index (κ3) is 6.10. The van der Waals surface area contributed by atoms with Crippen LogP contribution in [0.3, 0.4) is 0 Å². The highest BCUT2D eigenvalue weighted by Crippen LogP contribution is 2.18. The number of benzene rings is 1. The van der Waals surface area contributed by atoms with Crippen LogP contribution in [0.1, 0.15) is 41.0 Å². The molecule has 2 aromatic rings. The van der Waals surface area contributed by atoms with E-state index >= 15 is 0 Å². The number of aryl methyl sites for hydroxylation is 2. The van der Waals surface area contributed by atoms with Crippen LogP contribution in [0.25, 0.3) is 0 Å². The van der Waals surface area contributed by atoms with E-state index in [2.05, 4.69) is 58.7 Å². The predicted octanol–water partition coefficient (Wildman–Crippen LogP) is 4.19. The zero-order valence-corrected chi connectivity index (χ0v) is 17.2. The van der Waals surface area contributed by atoms with Gasteiger partial charge in [-0.2, -0.15) is 0 Å². The number of aliphatic imine (C=N–C) groups is 1. The fourth-order valence-corrected chi connectivity index (χ4v) is 3.08. The third-order valence-electron chi connectivity index (χ3n) is 3.38. The van der Waals surface area contributed by atoms with Crippen molar-refractivity contribution in [3.05, 3.63) is 51.5 Å². The van der Waals surface area contributed by atoms with Gasteiger partial charge in [0.05, 0.1) is 23.3 Å². The molecule has 1 unspecified atom stereocenters. The zero-order valence-electron chi connectivity index (χ0n) is 14.1. The molecular weight excluding hydrogens is 419 g/mol. The van der Waals surface area contributed by atoms with Crippen LogP contribution in [0, 0.1) is 13.8 Å². The van der Waals surface area contributed by atoms with Gasteiger partial charge < -0.3 is 10.6 Å². The number of halogens is 1. The molecule has 0 radical (unpaired) electrons. The number of hydrogen-bond acceptors (Lipinski definition) is 3. The largest absolute Gasteiger partial charge is 0.357 e. The summed E-state index contributed by atoms with van der Waals surface area (Å²) in [7, 11) is 0. The minimum absolute atomic E-state index is 0. The summed E-state index contributed by atoms with van der Waals surface area (Å²) >= 11 is 1.72. The van der Waals surface area contributed by atoms with E-state index in [1.54, 1.807) is 11.3 Å². The molecule has 0 aliphatic heterocycles. The van der Waals surface area contributed by atoms with Gasteiger partial charge in [0, 0.05) is 11.4 Å². The Balaban J connectivity index is 0.00000264. The minimum Gasteiger partial charge on any atom is -0.357 e. The van der Waals surface area contributed by atoms with Crippen LogP contribution in [0.15, 0.2) is 35.3 Å². The highest BCUT2D eigenvalue weighted by molar-refractivity contribution is 14.0. The lowest BCUT2D eigenvalue weighted by Crippen LogP contribution is -2.38. The molecule has 2 rings (SSSR count). The summed E-state index contributed by atoms with van der Waals surface area (Å²) in [5.74, 6) is 0.837. The second-order valence-electron chi connectivity index (χ2n) is 5.21. The topological polar surface area (TPSA) is 49.3 Å². The van der Waals surface area contributed by atoms with Crippen LogP contribution in [-0.4, -0.2) is 17.5 Å². The Hall–Kier alpha value is -1.15. The Kier molecular flexibility index (Phi) is 8.54. The average Bonchev–Trinajstić information content (AvgIpc) is 2.83. The lowest BCUT2D eigenvalue weighted by atomic mass is 10.1. The van der Waals surface area contributed by atoms with Gasteiger partial charge >= 0.3 is 0 Å². The number of thiazole rings is 1. The highest BCUT2D eigenvalue weighted by Gasteiger charge is 2.08. The fraction of sp³-hybridized carbons (Fsp3) is 0.412. The van der Waals surface area contributed by atoms with Crippen LogP contribution in [0.5, 0.6) is 0 Å². The van der Waals surface area contributed by atoms with E-state index in [1.165, 1.54) is 10.4 Å². The summed E-state index contributed by atoms with van der Waals surface area (Å²) in [6, 6.07) is 10.6. The molecule has 1 heterocycles. The molecule has 1 aromatic carbocycles.